The molecule has 0 radical (unpaired) electrons. The summed E-state index contributed by atoms with van der Waals surface area (Å²) in [5.41, 5.74) is 4.57. The lowest BCUT2D eigenvalue weighted by Crippen LogP contribution is -2.24. The molecule has 0 saturated heterocycles. The molecule has 0 amide bonds. The summed E-state index contributed by atoms with van der Waals surface area (Å²) in [7, 11) is 3.16. The molecule has 0 saturated carbocycles. The molecule has 0 aliphatic rings. The summed E-state index contributed by atoms with van der Waals surface area (Å²) >= 11 is 0. The first-order valence-corrected chi connectivity index (χ1v) is 8.96. The van der Waals surface area contributed by atoms with Gasteiger partial charge in [0.05, 0.1) is 12.2 Å². The molecular weight excluding hydrogens is 332 g/mol. The van der Waals surface area contributed by atoms with Crippen molar-refractivity contribution in [2.75, 3.05) is 20.5 Å². The first-order valence-electron chi connectivity index (χ1n) is 8.96. The predicted octanol–water partition coefficient (Wildman–Crippen LogP) is 3.26. The Balaban J connectivity index is 2.90. The van der Waals surface area contributed by atoms with Crippen LogP contribution in [-0.4, -0.2) is 30.3 Å². The second-order valence-corrected chi connectivity index (χ2v) is 6.09. The average Bonchev–Trinajstić information content (AvgIpc) is 2.63. The van der Waals surface area contributed by atoms with Crippen molar-refractivity contribution in [2.24, 2.45) is 7.05 Å². The van der Waals surface area contributed by atoms with E-state index in [9.17, 15) is 4.79 Å². The molecule has 0 aliphatic heterocycles. The third-order valence-electron chi connectivity index (χ3n) is 4.23. The highest BCUT2D eigenvalue weighted by Crippen LogP contribution is 2.38. The molecular formula is C20H28N2O4. The summed E-state index contributed by atoms with van der Waals surface area (Å²) in [5, 5.41) is 4.23. The quantitative estimate of drug-likeness (QED) is 0.676. The minimum absolute atomic E-state index is 0.0106. The van der Waals surface area contributed by atoms with Crippen molar-refractivity contribution in [1.29, 1.82) is 0 Å². The molecule has 1 heterocycles. The Morgan fingerprint density at radius 1 is 1.04 bits per heavy atom. The Kier molecular flexibility index (Phi) is 6.80. The molecule has 26 heavy (non-hydrogen) atoms. The van der Waals surface area contributed by atoms with E-state index >= 15 is 0 Å². The molecule has 0 fully saturated rings. The summed E-state index contributed by atoms with van der Waals surface area (Å²) in [5.74, 6) is 0.636. The summed E-state index contributed by atoms with van der Waals surface area (Å²) in [6, 6.07) is 4.24. The molecule has 0 bridgehead atoms. The van der Waals surface area contributed by atoms with Gasteiger partial charge in [0.15, 0.2) is 12.5 Å². The average molecular weight is 360 g/mol. The summed E-state index contributed by atoms with van der Waals surface area (Å²) in [4.78, 5) is 13.1. The van der Waals surface area contributed by atoms with Gasteiger partial charge < -0.3 is 14.2 Å². The summed E-state index contributed by atoms with van der Waals surface area (Å²) in [6.45, 7) is 8.54. The highest BCUT2D eigenvalue weighted by atomic mass is 16.7. The van der Waals surface area contributed by atoms with Gasteiger partial charge in [-0.25, -0.2) is 4.68 Å². The normalized spacial score (nSPS) is 10.8. The minimum atomic E-state index is -0.215. The number of methoxy groups -OCH3 is 1. The smallest absolute Gasteiger partial charge is 0.278 e. The first-order chi connectivity index (χ1) is 12.5. The van der Waals surface area contributed by atoms with Gasteiger partial charge in [-0.1, -0.05) is 31.5 Å². The zero-order valence-electron chi connectivity index (χ0n) is 16.5. The van der Waals surface area contributed by atoms with Crippen molar-refractivity contribution in [3.05, 3.63) is 39.2 Å². The van der Waals surface area contributed by atoms with E-state index in [1.54, 1.807) is 7.05 Å². The van der Waals surface area contributed by atoms with Crippen molar-refractivity contribution in [3.8, 4) is 22.8 Å². The van der Waals surface area contributed by atoms with Gasteiger partial charge >= 0.3 is 0 Å². The van der Waals surface area contributed by atoms with Crippen LogP contribution in [0.3, 0.4) is 0 Å². The molecule has 0 atom stereocenters. The number of aromatic nitrogens is 2. The van der Waals surface area contributed by atoms with Crippen LogP contribution in [0.4, 0.5) is 0 Å². The van der Waals surface area contributed by atoms with Crippen LogP contribution >= 0.6 is 0 Å². The van der Waals surface area contributed by atoms with Gasteiger partial charge in [0.2, 0.25) is 0 Å². The second kappa shape index (κ2) is 8.85. The zero-order valence-corrected chi connectivity index (χ0v) is 16.5. The van der Waals surface area contributed by atoms with E-state index in [0.29, 0.717) is 23.8 Å². The number of hydrogen-bond donors (Lipinski definition) is 0. The lowest BCUT2D eigenvalue weighted by molar-refractivity contribution is 0.0481. The number of rotatable bonds is 8. The van der Waals surface area contributed by atoms with E-state index in [-0.39, 0.29) is 12.4 Å². The molecule has 0 unspecified atom stereocenters. The molecule has 6 heteroatoms. The molecule has 0 N–H and O–H groups in total. The van der Waals surface area contributed by atoms with Gasteiger partial charge in [0.1, 0.15) is 0 Å². The molecule has 1 aromatic carbocycles. The number of aryl methyl sites for hydroxylation is 4. The highest BCUT2D eigenvalue weighted by molar-refractivity contribution is 5.77. The Hall–Kier alpha value is -2.34. The van der Waals surface area contributed by atoms with Crippen molar-refractivity contribution >= 4 is 0 Å². The Morgan fingerprint density at radius 3 is 2.15 bits per heavy atom. The summed E-state index contributed by atoms with van der Waals surface area (Å²) in [6.07, 6.45) is 1.62. The highest BCUT2D eigenvalue weighted by Gasteiger charge is 2.24. The van der Waals surface area contributed by atoms with Crippen LogP contribution in [0, 0.1) is 6.92 Å². The SMILES string of the molecule is CCOc1nn(C)c(=O)c(-c2c(CC)cc(C)cc2CC)c1OCOC. The van der Waals surface area contributed by atoms with Crippen molar-refractivity contribution in [1.82, 2.24) is 9.78 Å². The minimum Gasteiger partial charge on any atom is -0.474 e. The maximum Gasteiger partial charge on any atom is 0.278 e. The van der Waals surface area contributed by atoms with Gasteiger partial charge in [0.25, 0.3) is 11.4 Å². The van der Waals surface area contributed by atoms with Crippen molar-refractivity contribution < 1.29 is 14.2 Å². The molecule has 2 rings (SSSR count). The molecule has 2 aromatic rings. The Morgan fingerprint density at radius 2 is 1.65 bits per heavy atom. The number of nitrogens with zero attached hydrogens (tertiary/aromatic N) is 2. The molecule has 6 nitrogen and oxygen atoms in total. The van der Waals surface area contributed by atoms with Crippen molar-refractivity contribution in [2.45, 2.75) is 40.5 Å². The van der Waals surface area contributed by atoms with Crippen LogP contribution in [0.1, 0.15) is 37.5 Å². The van der Waals surface area contributed by atoms with Crippen LogP contribution in [0.25, 0.3) is 11.1 Å². The second-order valence-electron chi connectivity index (χ2n) is 6.09. The van der Waals surface area contributed by atoms with Crippen LogP contribution in [0.2, 0.25) is 0 Å². The first kappa shape index (κ1) is 20.0. The number of hydrogen-bond acceptors (Lipinski definition) is 5. The molecule has 1 aromatic heterocycles. The predicted molar refractivity (Wildman–Crippen MR) is 102 cm³/mol. The lowest BCUT2D eigenvalue weighted by Gasteiger charge is -2.20. The van der Waals surface area contributed by atoms with E-state index in [4.69, 9.17) is 14.2 Å². The standard InChI is InChI=1S/C20H28N2O4/c1-7-14-10-13(4)11-15(8-2)16(14)17-18(26-12-24-6)19(25-9-3)21-22(5)20(17)23/h10-11H,7-9,12H2,1-6H3. The molecule has 0 aliphatic carbocycles. The van der Waals surface area contributed by atoms with E-state index in [0.717, 1.165) is 29.5 Å². The van der Waals surface area contributed by atoms with Crippen LogP contribution < -0.4 is 15.0 Å². The van der Waals surface area contributed by atoms with Gasteiger partial charge in [0, 0.05) is 14.2 Å². The van der Waals surface area contributed by atoms with Crippen LogP contribution in [0.15, 0.2) is 16.9 Å². The maximum atomic E-state index is 13.1. The van der Waals surface area contributed by atoms with Crippen molar-refractivity contribution in [3.63, 3.8) is 0 Å². The fourth-order valence-corrected chi connectivity index (χ4v) is 3.12. The fraction of sp³-hybridized carbons (Fsp3) is 0.500. The van der Waals surface area contributed by atoms with E-state index in [1.165, 1.54) is 17.4 Å². The molecule has 0 spiro atoms. The van der Waals surface area contributed by atoms with Gasteiger partial charge in [-0.05, 0) is 43.4 Å². The largest absolute Gasteiger partial charge is 0.474 e. The number of ether oxygens (including phenoxy) is 3. The topological polar surface area (TPSA) is 62.6 Å². The monoisotopic (exact) mass is 360 g/mol. The summed E-state index contributed by atoms with van der Waals surface area (Å²) < 4.78 is 17.8. The lowest BCUT2D eigenvalue weighted by atomic mass is 9.90. The van der Waals surface area contributed by atoms with Gasteiger partial charge in [-0.3, -0.25) is 4.79 Å². The van der Waals surface area contributed by atoms with Gasteiger partial charge in [-0.2, -0.15) is 0 Å². The Bertz CT molecular complexity index is 802. The number of benzene rings is 1. The maximum absolute atomic E-state index is 13.1. The van der Waals surface area contributed by atoms with Gasteiger partial charge in [-0.15, -0.1) is 5.10 Å². The Labute approximate surface area is 154 Å². The van der Waals surface area contributed by atoms with E-state index in [2.05, 4.69) is 38.0 Å². The van der Waals surface area contributed by atoms with Crippen LogP contribution in [0.5, 0.6) is 11.6 Å². The fourth-order valence-electron chi connectivity index (χ4n) is 3.12. The third-order valence-corrected chi connectivity index (χ3v) is 4.23. The van der Waals surface area contributed by atoms with E-state index < -0.39 is 0 Å². The van der Waals surface area contributed by atoms with Crippen LogP contribution in [-0.2, 0) is 24.6 Å². The van der Waals surface area contributed by atoms with E-state index in [1.807, 2.05) is 6.92 Å². The molecule has 142 valence electrons. The third kappa shape index (κ3) is 3.90. The zero-order chi connectivity index (χ0) is 19.3.